The number of epoxide rings is 1. The molecular weight excluding hydrogens is 436 g/mol. The van der Waals surface area contributed by atoms with Crippen LogP contribution in [0, 0.1) is 17.8 Å². The number of ether oxygens (including phenoxy) is 2. The minimum absolute atomic E-state index is 0.0116. The second-order valence-electron chi connectivity index (χ2n) is 10.6. The molecule has 0 aromatic carbocycles. The highest BCUT2D eigenvalue weighted by Crippen LogP contribution is 2.61. The fourth-order valence-electron chi connectivity index (χ4n) is 6.25. The maximum Gasteiger partial charge on any atom is 0.349 e. The van der Waals surface area contributed by atoms with Gasteiger partial charge in [-0.15, -0.1) is 0 Å². The quantitative estimate of drug-likeness (QED) is 0.144. The number of carbonyl (C=O) groups excluding carboxylic acids is 3. The smallest absolute Gasteiger partial charge is 0.349 e. The van der Waals surface area contributed by atoms with Crippen LogP contribution in [0.25, 0.3) is 0 Å². The SMILES string of the molecule is CC(=CC[C@@]12O[C@]1(C(=O)OCCCCO)C(=O)C1CCCCC1C2=O)CCC1CCNC(N)C1. The van der Waals surface area contributed by atoms with Crippen molar-refractivity contribution in [2.45, 2.75) is 94.9 Å². The summed E-state index contributed by atoms with van der Waals surface area (Å²) >= 11 is 0. The number of piperidine rings is 1. The topological polar surface area (TPSA) is 131 Å². The van der Waals surface area contributed by atoms with Crippen LogP contribution in [-0.2, 0) is 23.9 Å². The van der Waals surface area contributed by atoms with Crippen molar-refractivity contribution >= 4 is 17.5 Å². The standard InChI is InChI=1S/C26H40N2O6/c1-17(8-9-18-11-13-28-21(27)16-18)10-12-25-22(30)19-6-2-3-7-20(19)23(31)26(25,34-25)24(32)33-15-5-4-14-29/h10,18-21,28-29H,2-9,11-16,27H2,1H3/t18?,19?,20?,21?,25-,26-/m0/s1. The van der Waals surface area contributed by atoms with Crippen molar-refractivity contribution in [3.8, 4) is 0 Å². The van der Waals surface area contributed by atoms with Crippen LogP contribution < -0.4 is 11.1 Å². The number of aliphatic hydroxyl groups is 1. The van der Waals surface area contributed by atoms with E-state index in [2.05, 4.69) is 5.32 Å². The van der Waals surface area contributed by atoms with E-state index in [1.807, 2.05) is 13.0 Å². The van der Waals surface area contributed by atoms with Crippen LogP contribution in [0.3, 0.4) is 0 Å². The second-order valence-corrected chi connectivity index (χ2v) is 10.6. The fourth-order valence-corrected chi connectivity index (χ4v) is 6.25. The summed E-state index contributed by atoms with van der Waals surface area (Å²) in [5.41, 5.74) is 3.94. The molecule has 0 radical (unpaired) electrons. The lowest BCUT2D eigenvalue weighted by atomic mass is 9.61. The molecule has 0 amide bonds. The van der Waals surface area contributed by atoms with E-state index in [0.717, 1.165) is 50.6 Å². The number of hydrogen-bond acceptors (Lipinski definition) is 8. The summed E-state index contributed by atoms with van der Waals surface area (Å²) in [6.45, 7) is 3.09. The van der Waals surface area contributed by atoms with E-state index in [0.29, 0.717) is 31.6 Å². The van der Waals surface area contributed by atoms with Gasteiger partial charge >= 0.3 is 5.97 Å². The van der Waals surface area contributed by atoms with E-state index in [9.17, 15) is 14.4 Å². The first-order chi connectivity index (χ1) is 16.4. The number of allylic oxidation sites excluding steroid dienone is 1. The largest absolute Gasteiger partial charge is 0.463 e. The molecule has 4 unspecified atom stereocenters. The molecule has 8 heteroatoms. The highest BCUT2D eigenvalue weighted by Gasteiger charge is 2.86. The third kappa shape index (κ3) is 4.62. The molecule has 34 heavy (non-hydrogen) atoms. The Morgan fingerprint density at radius 3 is 2.65 bits per heavy atom. The maximum atomic E-state index is 13.6. The van der Waals surface area contributed by atoms with E-state index >= 15 is 0 Å². The van der Waals surface area contributed by atoms with Crippen LogP contribution in [0.4, 0.5) is 0 Å². The summed E-state index contributed by atoms with van der Waals surface area (Å²) < 4.78 is 11.4. The van der Waals surface area contributed by atoms with Crippen LogP contribution in [-0.4, -0.2) is 59.8 Å². The molecule has 2 heterocycles. The van der Waals surface area contributed by atoms with Crippen LogP contribution in [0.5, 0.6) is 0 Å². The van der Waals surface area contributed by atoms with E-state index in [1.54, 1.807) is 0 Å². The molecule has 4 rings (SSSR count). The molecule has 4 aliphatic rings. The molecule has 2 aliphatic heterocycles. The Morgan fingerprint density at radius 1 is 1.21 bits per heavy atom. The number of hydrogen-bond donors (Lipinski definition) is 3. The number of ketones is 2. The Kier molecular flexibility index (Phi) is 7.92. The lowest BCUT2D eigenvalue weighted by Gasteiger charge is -2.36. The molecule has 4 N–H and O–H groups in total. The molecular formula is C26H40N2O6. The highest BCUT2D eigenvalue weighted by molar-refractivity contribution is 6.23. The number of nitrogens with one attached hydrogen (secondary N) is 1. The van der Waals surface area contributed by atoms with Crippen LogP contribution in [0.1, 0.15) is 77.6 Å². The minimum Gasteiger partial charge on any atom is -0.463 e. The number of unbranched alkanes of at least 4 members (excludes halogenated alkanes) is 1. The zero-order chi connectivity index (χ0) is 24.3. The van der Waals surface area contributed by atoms with Gasteiger partial charge in [-0.25, -0.2) is 4.79 Å². The summed E-state index contributed by atoms with van der Waals surface area (Å²) in [6.07, 6.45) is 10.4. The fraction of sp³-hybridized carbons (Fsp3) is 0.808. The summed E-state index contributed by atoms with van der Waals surface area (Å²) in [7, 11) is 0. The van der Waals surface area contributed by atoms with Crippen molar-refractivity contribution in [1.29, 1.82) is 0 Å². The number of rotatable bonds is 10. The lowest BCUT2D eigenvalue weighted by molar-refractivity contribution is -0.158. The van der Waals surface area contributed by atoms with Crippen LogP contribution >= 0.6 is 0 Å². The van der Waals surface area contributed by atoms with Crippen molar-refractivity contribution in [2.24, 2.45) is 23.5 Å². The van der Waals surface area contributed by atoms with Gasteiger partial charge in [0.1, 0.15) is 0 Å². The number of Topliss-reactive ketones (excluding diaryl/α,β-unsaturated/α-hetero) is 2. The Bertz CT molecular complexity index is 828. The predicted molar refractivity (Wildman–Crippen MR) is 126 cm³/mol. The molecule has 190 valence electrons. The van der Waals surface area contributed by atoms with E-state index in [4.69, 9.17) is 20.3 Å². The van der Waals surface area contributed by atoms with Gasteiger partial charge < -0.3 is 25.6 Å². The van der Waals surface area contributed by atoms with E-state index < -0.39 is 23.1 Å². The molecule has 0 bridgehead atoms. The monoisotopic (exact) mass is 476 g/mol. The average Bonchev–Trinajstić information content (AvgIpc) is 3.55. The van der Waals surface area contributed by atoms with Gasteiger partial charge in [0.25, 0.3) is 5.60 Å². The third-order valence-corrected chi connectivity index (χ3v) is 8.34. The molecule has 0 spiro atoms. The molecule has 2 saturated carbocycles. The van der Waals surface area contributed by atoms with Gasteiger partial charge in [-0.2, -0.15) is 0 Å². The molecule has 6 atom stereocenters. The third-order valence-electron chi connectivity index (χ3n) is 8.34. The van der Waals surface area contributed by atoms with Gasteiger partial charge in [-0.1, -0.05) is 24.5 Å². The predicted octanol–water partition coefficient (Wildman–Crippen LogP) is 2.17. The zero-order valence-electron chi connectivity index (χ0n) is 20.4. The Hall–Kier alpha value is -1.61. The Balaban J connectivity index is 1.47. The van der Waals surface area contributed by atoms with Gasteiger partial charge in [-0.05, 0) is 70.8 Å². The number of aliphatic hydroxyl groups excluding tert-OH is 1. The van der Waals surface area contributed by atoms with Gasteiger partial charge in [0, 0.05) is 24.9 Å². The molecule has 2 saturated heterocycles. The lowest BCUT2D eigenvalue weighted by Crippen LogP contribution is -2.58. The number of esters is 1. The number of nitrogens with two attached hydrogens (primary N) is 1. The number of carbonyl (C=O) groups is 3. The Morgan fingerprint density at radius 2 is 1.94 bits per heavy atom. The maximum absolute atomic E-state index is 13.6. The van der Waals surface area contributed by atoms with Crippen molar-refractivity contribution in [2.75, 3.05) is 19.8 Å². The second kappa shape index (κ2) is 10.6. The molecule has 0 aromatic rings. The molecule has 4 fully saturated rings. The normalized spacial score (nSPS) is 37.7. The highest BCUT2D eigenvalue weighted by atomic mass is 16.7. The van der Waals surface area contributed by atoms with Gasteiger partial charge in [0.2, 0.25) is 0 Å². The van der Waals surface area contributed by atoms with Crippen molar-refractivity contribution in [1.82, 2.24) is 5.32 Å². The van der Waals surface area contributed by atoms with Crippen LogP contribution in [0.15, 0.2) is 11.6 Å². The van der Waals surface area contributed by atoms with Gasteiger partial charge in [0.05, 0.1) is 12.8 Å². The summed E-state index contributed by atoms with van der Waals surface area (Å²) in [6, 6.07) is 0. The van der Waals surface area contributed by atoms with Crippen molar-refractivity contribution < 1.29 is 29.0 Å². The number of fused-ring (bicyclic) bond motifs is 2. The van der Waals surface area contributed by atoms with E-state index in [-0.39, 0.29) is 43.3 Å². The minimum atomic E-state index is -1.79. The van der Waals surface area contributed by atoms with Gasteiger partial charge in [-0.3, -0.25) is 9.59 Å². The molecule has 8 nitrogen and oxygen atoms in total. The van der Waals surface area contributed by atoms with Crippen LogP contribution in [0.2, 0.25) is 0 Å². The van der Waals surface area contributed by atoms with Gasteiger partial charge in [0.15, 0.2) is 17.2 Å². The van der Waals surface area contributed by atoms with Crippen molar-refractivity contribution in [3.05, 3.63) is 11.6 Å². The molecule has 0 aromatic heterocycles. The first-order valence-corrected chi connectivity index (χ1v) is 13.1. The summed E-state index contributed by atoms with van der Waals surface area (Å²) in [5, 5.41) is 12.2. The average molecular weight is 477 g/mol. The first kappa shape index (κ1) is 25.5. The Labute approximate surface area is 202 Å². The summed E-state index contributed by atoms with van der Waals surface area (Å²) in [5.74, 6) is -1.33. The van der Waals surface area contributed by atoms with E-state index in [1.165, 1.54) is 0 Å². The zero-order valence-corrected chi connectivity index (χ0v) is 20.4. The van der Waals surface area contributed by atoms with Crippen molar-refractivity contribution in [3.63, 3.8) is 0 Å². The first-order valence-electron chi connectivity index (χ1n) is 13.1. The summed E-state index contributed by atoms with van der Waals surface area (Å²) in [4.78, 5) is 40.3. The molecule has 2 aliphatic carbocycles.